The smallest absolute Gasteiger partial charge is 0.129 e. The Morgan fingerprint density at radius 2 is 1.27 bits per heavy atom. The van der Waals surface area contributed by atoms with Crippen molar-refractivity contribution in [2.75, 3.05) is 26.8 Å². The van der Waals surface area contributed by atoms with E-state index in [1.165, 1.54) is 0 Å². The first kappa shape index (κ1) is 21.8. The van der Waals surface area contributed by atoms with Crippen molar-refractivity contribution in [3.63, 3.8) is 0 Å². The molecule has 0 atom stereocenters. The summed E-state index contributed by atoms with van der Waals surface area (Å²) in [6.07, 6.45) is 0. The van der Waals surface area contributed by atoms with Crippen LogP contribution in [0, 0.1) is 0 Å². The Morgan fingerprint density at radius 3 is 1.90 bits per heavy atom. The van der Waals surface area contributed by atoms with Crippen LogP contribution in [-0.2, 0) is 18.1 Å². The van der Waals surface area contributed by atoms with Gasteiger partial charge in [0.05, 0.1) is 27.0 Å². The van der Waals surface area contributed by atoms with Gasteiger partial charge in [-0.15, -0.1) is 0 Å². The fraction of sp³-hybridized carbons (Fsp3) is 0.217. The van der Waals surface area contributed by atoms with Crippen LogP contribution in [-0.4, -0.2) is 21.3 Å². The van der Waals surface area contributed by atoms with Gasteiger partial charge in [0.1, 0.15) is 36.2 Å². The van der Waals surface area contributed by atoms with Gasteiger partial charge < -0.3 is 18.9 Å². The highest BCUT2D eigenvalue weighted by atomic mass is 79.9. The van der Waals surface area contributed by atoms with Crippen LogP contribution in [0.15, 0.2) is 65.1 Å². The van der Waals surface area contributed by atoms with E-state index in [0.29, 0.717) is 24.7 Å². The molecule has 0 amide bonds. The number of rotatable bonds is 10. The summed E-state index contributed by atoms with van der Waals surface area (Å²) in [7, 11) is 4.84. The van der Waals surface area contributed by atoms with Crippen molar-refractivity contribution in [3.8, 4) is 23.0 Å². The Morgan fingerprint density at radius 1 is 0.700 bits per heavy atom. The molecule has 3 aromatic carbocycles. The molecule has 0 spiro atoms. The summed E-state index contributed by atoms with van der Waals surface area (Å²) in [5.74, 6) is 2.93. The molecular formula is C23H24BrNO5. The first-order valence-corrected chi connectivity index (χ1v) is 10.1. The van der Waals surface area contributed by atoms with E-state index in [4.69, 9.17) is 23.8 Å². The van der Waals surface area contributed by atoms with Crippen LogP contribution < -0.4 is 24.4 Å². The molecular weight excluding hydrogens is 450 g/mol. The number of nitrogens with one attached hydrogen (secondary N) is 1. The summed E-state index contributed by atoms with van der Waals surface area (Å²) >= 11 is 3.44. The minimum absolute atomic E-state index is 0.376. The average molecular weight is 474 g/mol. The van der Waals surface area contributed by atoms with E-state index < -0.39 is 0 Å². The summed E-state index contributed by atoms with van der Waals surface area (Å²) in [5, 5.41) is 0. The summed E-state index contributed by atoms with van der Waals surface area (Å²) in [4.78, 5) is 4.88. The molecule has 0 unspecified atom stereocenters. The molecule has 3 rings (SSSR count). The van der Waals surface area contributed by atoms with Crippen molar-refractivity contribution in [1.82, 2.24) is 0 Å². The van der Waals surface area contributed by atoms with Gasteiger partial charge in [0.15, 0.2) is 0 Å². The maximum atomic E-state index is 5.94. The molecule has 6 nitrogen and oxygen atoms in total. The van der Waals surface area contributed by atoms with Gasteiger partial charge in [-0.2, -0.15) is 0 Å². The molecule has 0 radical (unpaired) electrons. The maximum Gasteiger partial charge on any atom is 0.129 e. The molecule has 0 bridgehead atoms. The van der Waals surface area contributed by atoms with Gasteiger partial charge >= 0.3 is 0 Å². The molecule has 0 heterocycles. The zero-order chi connectivity index (χ0) is 21.3. The molecule has 0 aromatic heterocycles. The largest absolute Gasteiger partial charge is 0.496 e. The quantitative estimate of drug-likeness (QED) is 0.386. The third kappa shape index (κ3) is 5.81. The monoisotopic (exact) mass is 473 g/mol. The molecule has 0 aliphatic heterocycles. The van der Waals surface area contributed by atoms with E-state index in [1.54, 1.807) is 21.3 Å². The molecule has 158 valence electrons. The first-order chi connectivity index (χ1) is 14.6. The summed E-state index contributed by atoms with van der Waals surface area (Å²) in [6.45, 7) is 0.762. The van der Waals surface area contributed by atoms with E-state index >= 15 is 0 Å². The van der Waals surface area contributed by atoms with Gasteiger partial charge in [0.2, 0.25) is 0 Å². The summed E-state index contributed by atoms with van der Waals surface area (Å²) < 4.78 is 23.7. The molecule has 7 heteroatoms. The highest BCUT2D eigenvalue weighted by Gasteiger charge is 2.09. The van der Waals surface area contributed by atoms with E-state index in [2.05, 4.69) is 21.4 Å². The second-order valence-corrected chi connectivity index (χ2v) is 7.25. The fourth-order valence-electron chi connectivity index (χ4n) is 2.83. The van der Waals surface area contributed by atoms with Crippen molar-refractivity contribution >= 4 is 21.6 Å². The molecule has 3 aromatic rings. The summed E-state index contributed by atoms with van der Waals surface area (Å²) in [6, 6.07) is 19.0. The number of hydrogen-bond acceptors (Lipinski definition) is 6. The van der Waals surface area contributed by atoms with Crippen LogP contribution in [0.4, 0.5) is 5.69 Å². The second-order valence-electron chi connectivity index (χ2n) is 6.34. The minimum atomic E-state index is 0.376. The molecule has 0 aliphatic carbocycles. The van der Waals surface area contributed by atoms with Crippen molar-refractivity contribution in [2.24, 2.45) is 0 Å². The fourth-order valence-corrected chi connectivity index (χ4v) is 3.17. The van der Waals surface area contributed by atoms with Crippen LogP contribution >= 0.6 is 15.9 Å². The minimum Gasteiger partial charge on any atom is -0.496 e. The highest BCUT2D eigenvalue weighted by Crippen LogP contribution is 2.29. The predicted molar refractivity (Wildman–Crippen MR) is 119 cm³/mol. The number of anilines is 1. The number of halogens is 1. The zero-order valence-electron chi connectivity index (χ0n) is 17.1. The molecule has 0 saturated carbocycles. The van der Waals surface area contributed by atoms with E-state index in [9.17, 15) is 0 Å². The number of ether oxygens (including phenoxy) is 4. The van der Waals surface area contributed by atoms with Crippen molar-refractivity contribution in [1.29, 1.82) is 0 Å². The van der Waals surface area contributed by atoms with E-state index in [1.807, 2.05) is 60.7 Å². The van der Waals surface area contributed by atoms with Gasteiger partial charge in [-0.05, 0) is 48.5 Å². The molecule has 0 aliphatic rings. The lowest BCUT2D eigenvalue weighted by atomic mass is 10.2. The second kappa shape index (κ2) is 10.8. The number of benzene rings is 3. The lowest BCUT2D eigenvalue weighted by Gasteiger charge is -2.14. The Hall–Kier alpha value is -2.90. The third-order valence-corrected chi connectivity index (χ3v) is 4.86. The van der Waals surface area contributed by atoms with Crippen molar-refractivity contribution < 1.29 is 23.8 Å². The summed E-state index contributed by atoms with van der Waals surface area (Å²) in [5.41, 5.74) is 5.50. The lowest BCUT2D eigenvalue weighted by Crippen LogP contribution is -2.02. The number of methoxy groups -OCH3 is 2. The molecule has 30 heavy (non-hydrogen) atoms. The first-order valence-electron chi connectivity index (χ1n) is 9.27. The highest BCUT2D eigenvalue weighted by molar-refractivity contribution is 9.10. The topological polar surface area (TPSA) is 58.2 Å². The van der Waals surface area contributed by atoms with Gasteiger partial charge in [0, 0.05) is 21.7 Å². The van der Waals surface area contributed by atoms with Gasteiger partial charge in [-0.25, -0.2) is 0 Å². The number of hydrogen-bond donors (Lipinski definition) is 1. The average Bonchev–Trinajstić information content (AvgIpc) is 2.78. The SMILES string of the molecule is CONc1ccc(OCc2ccc(OCc3ccc(Br)cc3OC)cc2OC)cc1. The van der Waals surface area contributed by atoms with E-state index in [-0.39, 0.29) is 0 Å². The van der Waals surface area contributed by atoms with Gasteiger partial charge in [0.25, 0.3) is 0 Å². The van der Waals surface area contributed by atoms with E-state index in [0.717, 1.165) is 32.8 Å². The predicted octanol–water partition coefficient (Wildman–Crippen LogP) is 5.60. The Bertz CT molecular complexity index is 962. The van der Waals surface area contributed by atoms with Crippen molar-refractivity contribution in [3.05, 3.63) is 76.3 Å². The molecule has 1 N–H and O–H groups in total. The van der Waals surface area contributed by atoms with Crippen LogP contribution in [0.1, 0.15) is 11.1 Å². The standard InChI is InChI=1S/C23H24BrNO5/c1-26-22-12-18(24)6-4-16(22)15-30-21-9-5-17(23(13-21)27-2)14-29-20-10-7-19(8-11-20)25-28-3/h4-13,25H,14-15H2,1-3H3. The van der Waals surface area contributed by atoms with Gasteiger partial charge in [-0.3, -0.25) is 10.3 Å². The third-order valence-electron chi connectivity index (χ3n) is 4.37. The normalized spacial score (nSPS) is 10.4. The Balaban J connectivity index is 1.63. The Labute approximate surface area is 184 Å². The zero-order valence-corrected chi connectivity index (χ0v) is 18.7. The van der Waals surface area contributed by atoms with Crippen LogP contribution in [0.5, 0.6) is 23.0 Å². The van der Waals surface area contributed by atoms with Gasteiger partial charge in [-0.1, -0.05) is 22.0 Å². The Kier molecular flexibility index (Phi) is 7.82. The maximum absolute atomic E-state index is 5.94. The molecule has 0 fully saturated rings. The molecule has 0 saturated heterocycles. The van der Waals surface area contributed by atoms with Crippen molar-refractivity contribution in [2.45, 2.75) is 13.2 Å². The lowest BCUT2D eigenvalue weighted by molar-refractivity contribution is 0.270. The van der Waals surface area contributed by atoms with Crippen LogP contribution in [0.25, 0.3) is 0 Å². The van der Waals surface area contributed by atoms with Crippen LogP contribution in [0.2, 0.25) is 0 Å². The van der Waals surface area contributed by atoms with Crippen LogP contribution in [0.3, 0.4) is 0 Å².